The summed E-state index contributed by atoms with van der Waals surface area (Å²) in [6, 6.07) is 0. The number of aliphatic hydroxyl groups excluding tert-OH is 1. The number of epoxide rings is 1. The van der Waals surface area contributed by atoms with Crippen LogP contribution in [0.3, 0.4) is 0 Å². The normalized spacial score (nSPS) is 40.8. The summed E-state index contributed by atoms with van der Waals surface area (Å²) in [5.74, 6) is -0.310. The highest BCUT2D eigenvalue weighted by atomic mass is 16.6. The lowest BCUT2D eigenvalue weighted by molar-refractivity contribution is -0.144. The van der Waals surface area contributed by atoms with Gasteiger partial charge in [0.25, 0.3) is 0 Å². The fraction of sp³-hybridized carbons (Fsp3) is 0.650. The van der Waals surface area contributed by atoms with Gasteiger partial charge in [-0.2, -0.15) is 0 Å². The molecule has 5 nitrogen and oxygen atoms in total. The lowest BCUT2D eigenvalue weighted by atomic mass is 9.76. The van der Waals surface area contributed by atoms with E-state index in [0.29, 0.717) is 18.6 Å². The van der Waals surface area contributed by atoms with Crippen molar-refractivity contribution in [1.82, 2.24) is 0 Å². The molecule has 3 fully saturated rings. The summed E-state index contributed by atoms with van der Waals surface area (Å²) in [5.41, 5.74) is 0.255. The molecule has 0 bridgehead atoms. The summed E-state index contributed by atoms with van der Waals surface area (Å²) in [4.78, 5) is 12.3. The Labute approximate surface area is 149 Å². The number of carbonyl (C=O) groups excluding carboxylic acids is 1. The third kappa shape index (κ3) is 3.89. The van der Waals surface area contributed by atoms with Crippen LogP contribution in [-0.4, -0.2) is 46.2 Å². The van der Waals surface area contributed by atoms with Crippen molar-refractivity contribution in [3.63, 3.8) is 0 Å². The maximum atomic E-state index is 12.3. The molecule has 0 unspecified atom stereocenters. The maximum absolute atomic E-state index is 12.3. The molecule has 2 heterocycles. The lowest BCUT2D eigenvalue weighted by Crippen LogP contribution is -2.35. The van der Waals surface area contributed by atoms with E-state index in [-0.39, 0.29) is 29.5 Å². The molecule has 0 aromatic heterocycles. The van der Waals surface area contributed by atoms with E-state index in [0.717, 1.165) is 18.4 Å². The average Bonchev–Trinajstić information content (AvgIpc) is 3.17. The summed E-state index contributed by atoms with van der Waals surface area (Å²) in [5, 5.41) is 20.2. The van der Waals surface area contributed by atoms with E-state index < -0.39 is 11.7 Å². The number of hydrogen-bond donors (Lipinski definition) is 2. The van der Waals surface area contributed by atoms with Gasteiger partial charge in [-0.25, -0.2) is 4.79 Å². The highest BCUT2D eigenvalue weighted by molar-refractivity contribution is 5.90. The monoisotopic (exact) mass is 348 g/mol. The topological polar surface area (TPSA) is 79.3 Å². The van der Waals surface area contributed by atoms with Crippen LogP contribution in [0.4, 0.5) is 0 Å². The van der Waals surface area contributed by atoms with Crippen LogP contribution in [0.25, 0.3) is 0 Å². The predicted molar refractivity (Wildman–Crippen MR) is 93.7 cm³/mol. The second kappa shape index (κ2) is 6.38. The Morgan fingerprint density at radius 3 is 2.76 bits per heavy atom. The molecule has 1 aliphatic carbocycles. The number of hydrogen-bond acceptors (Lipinski definition) is 5. The van der Waals surface area contributed by atoms with Crippen LogP contribution in [0.5, 0.6) is 0 Å². The molecule has 0 radical (unpaired) electrons. The fourth-order valence-corrected chi connectivity index (χ4v) is 3.98. The number of allylic oxidation sites excluding steroid dienone is 2. The quantitative estimate of drug-likeness (QED) is 0.346. The van der Waals surface area contributed by atoms with Crippen LogP contribution >= 0.6 is 0 Å². The zero-order chi connectivity index (χ0) is 18.4. The largest absolute Gasteiger partial charge is 0.462 e. The van der Waals surface area contributed by atoms with E-state index in [4.69, 9.17) is 9.47 Å². The first-order chi connectivity index (χ1) is 11.6. The van der Waals surface area contributed by atoms with Gasteiger partial charge in [-0.1, -0.05) is 30.4 Å². The molecule has 5 atom stereocenters. The molecular weight excluding hydrogens is 320 g/mol. The Bertz CT molecular complexity index is 626. The van der Waals surface area contributed by atoms with Crippen molar-refractivity contribution in [2.75, 3.05) is 6.61 Å². The van der Waals surface area contributed by atoms with Gasteiger partial charge in [0.05, 0.1) is 23.9 Å². The number of esters is 1. The van der Waals surface area contributed by atoms with Gasteiger partial charge in [-0.15, -0.1) is 0 Å². The van der Waals surface area contributed by atoms with E-state index in [9.17, 15) is 15.0 Å². The first-order valence-corrected chi connectivity index (χ1v) is 8.93. The van der Waals surface area contributed by atoms with Crippen LogP contribution in [0.1, 0.15) is 40.0 Å². The van der Waals surface area contributed by atoms with E-state index in [2.05, 4.69) is 6.58 Å². The zero-order valence-electron chi connectivity index (χ0n) is 15.2. The average molecular weight is 348 g/mol. The summed E-state index contributed by atoms with van der Waals surface area (Å²) >= 11 is 0. The SMILES string of the molecule is C=C1C[C@@H](O)[C@@H]2O[C@@]2(C)CC[C@@H]2/C(=C/C=C/C(C)(C)O)C(=O)OC[C@@H]12. The number of aliphatic hydroxyl groups is 2. The summed E-state index contributed by atoms with van der Waals surface area (Å²) in [7, 11) is 0. The van der Waals surface area contributed by atoms with Crippen molar-refractivity contribution in [2.45, 2.75) is 63.4 Å². The van der Waals surface area contributed by atoms with Gasteiger partial charge in [-0.3, -0.25) is 0 Å². The van der Waals surface area contributed by atoms with Gasteiger partial charge in [0.2, 0.25) is 0 Å². The molecule has 3 aliphatic rings. The van der Waals surface area contributed by atoms with Crippen molar-refractivity contribution in [3.05, 3.63) is 36.0 Å². The molecule has 0 spiro atoms. The predicted octanol–water partition coefficient (Wildman–Crippen LogP) is 2.29. The second-order valence-electron chi connectivity index (χ2n) is 8.27. The number of rotatable bonds is 2. The number of cyclic esters (lactones) is 1. The van der Waals surface area contributed by atoms with Gasteiger partial charge >= 0.3 is 5.97 Å². The zero-order valence-corrected chi connectivity index (χ0v) is 15.2. The maximum Gasteiger partial charge on any atom is 0.334 e. The smallest absolute Gasteiger partial charge is 0.334 e. The molecule has 5 heteroatoms. The molecule has 2 aliphatic heterocycles. The fourth-order valence-electron chi connectivity index (χ4n) is 3.98. The van der Waals surface area contributed by atoms with Crippen molar-refractivity contribution >= 4 is 5.97 Å². The summed E-state index contributed by atoms with van der Waals surface area (Å²) in [6.07, 6.45) is 6.41. The molecule has 3 rings (SSSR count). The van der Waals surface area contributed by atoms with Gasteiger partial charge in [0.1, 0.15) is 6.10 Å². The molecule has 25 heavy (non-hydrogen) atoms. The summed E-state index contributed by atoms with van der Waals surface area (Å²) in [6.45, 7) is 9.84. The first-order valence-electron chi connectivity index (χ1n) is 8.93. The molecule has 2 N–H and O–H groups in total. The molecule has 1 saturated carbocycles. The van der Waals surface area contributed by atoms with Gasteiger partial charge in [0, 0.05) is 17.4 Å². The van der Waals surface area contributed by atoms with Crippen LogP contribution in [0.15, 0.2) is 36.0 Å². The van der Waals surface area contributed by atoms with Gasteiger partial charge in [-0.05, 0) is 40.0 Å². The number of carbonyl (C=O) groups is 1. The van der Waals surface area contributed by atoms with Crippen molar-refractivity contribution in [2.24, 2.45) is 11.8 Å². The highest BCUT2D eigenvalue weighted by Gasteiger charge is 2.57. The third-order valence-corrected chi connectivity index (χ3v) is 5.53. The molecule has 2 saturated heterocycles. The first kappa shape index (κ1) is 18.4. The van der Waals surface area contributed by atoms with E-state index in [1.54, 1.807) is 32.1 Å². The van der Waals surface area contributed by atoms with Crippen LogP contribution in [-0.2, 0) is 14.3 Å². The minimum Gasteiger partial charge on any atom is -0.462 e. The van der Waals surface area contributed by atoms with Gasteiger partial charge in [0.15, 0.2) is 0 Å². The Hall–Kier alpha value is -1.43. The van der Waals surface area contributed by atoms with E-state index in [1.165, 1.54) is 0 Å². The minimum atomic E-state index is -0.941. The molecular formula is C20H28O5. The van der Waals surface area contributed by atoms with Crippen LogP contribution in [0.2, 0.25) is 0 Å². The Morgan fingerprint density at radius 2 is 2.08 bits per heavy atom. The second-order valence-corrected chi connectivity index (χ2v) is 8.27. The number of ether oxygens (including phenoxy) is 2. The standard InChI is InChI=1S/C20H28O5/c1-12-10-16(21)17-20(4,25-17)9-7-13-14(6-5-8-19(2,3)23)18(22)24-11-15(12)13/h5-6,8,13,15-17,21,23H,1,7,9-11H2,2-4H3/b8-5+,14-6-/t13-,15+,16-,17+,20+/m1/s1. The van der Waals surface area contributed by atoms with Crippen LogP contribution in [0, 0.1) is 11.8 Å². The Morgan fingerprint density at radius 1 is 1.36 bits per heavy atom. The molecule has 138 valence electrons. The van der Waals surface area contributed by atoms with Crippen LogP contribution < -0.4 is 0 Å². The molecule has 0 amide bonds. The van der Waals surface area contributed by atoms with Gasteiger partial charge < -0.3 is 19.7 Å². The van der Waals surface area contributed by atoms with Crippen molar-refractivity contribution in [1.29, 1.82) is 0 Å². The molecule has 0 aromatic rings. The number of fused-ring (bicyclic) bond motifs is 2. The van der Waals surface area contributed by atoms with Crippen molar-refractivity contribution in [3.8, 4) is 0 Å². The Balaban J connectivity index is 1.88. The summed E-state index contributed by atoms with van der Waals surface area (Å²) < 4.78 is 11.1. The molecule has 0 aromatic carbocycles. The van der Waals surface area contributed by atoms with Crippen molar-refractivity contribution < 1.29 is 24.5 Å². The third-order valence-electron chi connectivity index (χ3n) is 5.53. The van der Waals surface area contributed by atoms with E-state index in [1.807, 2.05) is 6.92 Å². The minimum absolute atomic E-state index is 0.00724. The Kier molecular flexibility index (Phi) is 4.69. The van der Waals surface area contributed by atoms with E-state index >= 15 is 0 Å². The highest BCUT2D eigenvalue weighted by Crippen LogP contribution is 2.49. The lowest BCUT2D eigenvalue weighted by Gasteiger charge is -2.34.